The molecular formula is C16H20F2N2O3. The maximum Gasteiger partial charge on any atom is 0.317 e. The first-order valence-electron chi connectivity index (χ1n) is 7.65. The number of likely N-dealkylation sites (tertiary alicyclic amines) is 1. The first-order chi connectivity index (χ1) is 10.9. The van der Waals surface area contributed by atoms with Gasteiger partial charge in [-0.15, -0.1) is 0 Å². The van der Waals surface area contributed by atoms with Crippen LogP contribution in [0.15, 0.2) is 18.2 Å². The third kappa shape index (κ3) is 4.18. The predicted octanol–water partition coefficient (Wildman–Crippen LogP) is 2.92. The van der Waals surface area contributed by atoms with E-state index in [0.29, 0.717) is 32.4 Å². The van der Waals surface area contributed by atoms with E-state index in [1.54, 1.807) is 6.92 Å². The molecule has 7 heteroatoms. The van der Waals surface area contributed by atoms with E-state index in [0.717, 1.165) is 12.1 Å². The van der Waals surface area contributed by atoms with E-state index in [4.69, 9.17) is 5.11 Å². The number of benzene rings is 1. The third-order valence-electron chi connectivity index (χ3n) is 4.18. The summed E-state index contributed by atoms with van der Waals surface area (Å²) >= 11 is 0. The first-order valence-corrected chi connectivity index (χ1v) is 7.65. The van der Waals surface area contributed by atoms with Crippen LogP contribution in [0.1, 0.15) is 37.8 Å². The lowest BCUT2D eigenvalue weighted by Crippen LogP contribution is -2.46. The molecule has 0 radical (unpaired) electrons. The minimum Gasteiger partial charge on any atom is -0.481 e. The number of carboxylic acids is 1. The van der Waals surface area contributed by atoms with E-state index in [1.165, 1.54) is 11.0 Å². The number of urea groups is 1. The van der Waals surface area contributed by atoms with E-state index in [-0.39, 0.29) is 11.6 Å². The molecule has 0 spiro atoms. The second kappa shape index (κ2) is 7.39. The molecular weight excluding hydrogens is 306 g/mol. The van der Waals surface area contributed by atoms with Crippen molar-refractivity contribution in [2.45, 2.75) is 32.2 Å². The Kier molecular flexibility index (Phi) is 5.52. The molecule has 1 unspecified atom stereocenters. The van der Waals surface area contributed by atoms with Crippen molar-refractivity contribution in [2.75, 3.05) is 13.1 Å². The second-order valence-electron chi connectivity index (χ2n) is 5.68. The number of nitrogens with one attached hydrogen (secondary N) is 1. The molecule has 5 nitrogen and oxygen atoms in total. The second-order valence-corrected chi connectivity index (χ2v) is 5.68. The van der Waals surface area contributed by atoms with Gasteiger partial charge in [-0.1, -0.05) is 13.0 Å². The highest BCUT2D eigenvalue weighted by atomic mass is 19.1. The zero-order chi connectivity index (χ0) is 17.0. The van der Waals surface area contributed by atoms with E-state index < -0.39 is 29.6 Å². The summed E-state index contributed by atoms with van der Waals surface area (Å²) in [6.45, 7) is 2.50. The van der Waals surface area contributed by atoms with Gasteiger partial charge in [-0.2, -0.15) is 0 Å². The zero-order valence-corrected chi connectivity index (χ0v) is 12.9. The predicted molar refractivity (Wildman–Crippen MR) is 79.9 cm³/mol. The topological polar surface area (TPSA) is 69.6 Å². The van der Waals surface area contributed by atoms with Crippen molar-refractivity contribution in [3.8, 4) is 0 Å². The fraction of sp³-hybridized carbons (Fsp3) is 0.500. The Morgan fingerprint density at radius 1 is 1.35 bits per heavy atom. The molecule has 1 saturated heterocycles. The summed E-state index contributed by atoms with van der Waals surface area (Å²) in [5, 5.41) is 11.7. The number of piperidine rings is 1. The molecule has 1 atom stereocenters. The Morgan fingerprint density at radius 2 is 2.00 bits per heavy atom. The average molecular weight is 326 g/mol. The summed E-state index contributed by atoms with van der Waals surface area (Å²) in [7, 11) is 0. The van der Waals surface area contributed by atoms with E-state index in [2.05, 4.69) is 5.32 Å². The van der Waals surface area contributed by atoms with Crippen LogP contribution >= 0.6 is 0 Å². The molecule has 1 fully saturated rings. The normalized spacial score (nSPS) is 16.9. The van der Waals surface area contributed by atoms with E-state index in [9.17, 15) is 18.4 Å². The number of aliphatic carboxylic acids is 1. The third-order valence-corrected chi connectivity index (χ3v) is 4.18. The molecule has 0 aliphatic carbocycles. The highest BCUT2D eigenvalue weighted by Crippen LogP contribution is 2.22. The minimum atomic E-state index is -0.843. The van der Waals surface area contributed by atoms with Gasteiger partial charge in [-0.05, 0) is 25.3 Å². The smallest absolute Gasteiger partial charge is 0.317 e. The number of carboxylic acid groups (broad SMARTS) is 1. The Balaban J connectivity index is 1.99. The largest absolute Gasteiger partial charge is 0.481 e. The quantitative estimate of drug-likeness (QED) is 0.894. The van der Waals surface area contributed by atoms with E-state index >= 15 is 0 Å². The van der Waals surface area contributed by atoms with Gasteiger partial charge in [0, 0.05) is 24.7 Å². The summed E-state index contributed by atoms with van der Waals surface area (Å²) < 4.78 is 26.8. The van der Waals surface area contributed by atoms with Gasteiger partial charge >= 0.3 is 12.0 Å². The number of hydrogen-bond acceptors (Lipinski definition) is 2. The summed E-state index contributed by atoms with van der Waals surface area (Å²) in [5.74, 6) is -2.62. The molecule has 0 saturated carbocycles. The molecule has 1 aromatic rings. The SMILES string of the molecule is CCC(NC(=O)N1CCC(C(=O)O)CC1)c1ccc(F)cc1F. The number of hydrogen-bond donors (Lipinski definition) is 2. The molecule has 126 valence electrons. The molecule has 2 rings (SSSR count). The van der Waals surface area contributed by atoms with Crippen molar-refractivity contribution in [2.24, 2.45) is 5.92 Å². The number of amides is 2. The number of rotatable bonds is 4. The number of halogens is 2. The van der Waals surface area contributed by atoms with Gasteiger partial charge in [-0.25, -0.2) is 13.6 Å². The van der Waals surface area contributed by atoms with Crippen LogP contribution in [0.5, 0.6) is 0 Å². The summed E-state index contributed by atoms with van der Waals surface area (Å²) in [6, 6.07) is 2.37. The van der Waals surface area contributed by atoms with Crippen molar-refractivity contribution in [3.05, 3.63) is 35.4 Å². The highest BCUT2D eigenvalue weighted by Gasteiger charge is 2.28. The average Bonchev–Trinajstić information content (AvgIpc) is 2.53. The molecule has 23 heavy (non-hydrogen) atoms. The lowest BCUT2D eigenvalue weighted by molar-refractivity contribution is -0.143. The summed E-state index contributed by atoms with van der Waals surface area (Å²) in [4.78, 5) is 24.7. The number of carbonyl (C=O) groups excluding carboxylic acids is 1. The molecule has 1 aliphatic rings. The minimum absolute atomic E-state index is 0.239. The fourth-order valence-corrected chi connectivity index (χ4v) is 2.75. The van der Waals surface area contributed by atoms with Crippen LogP contribution in [0.4, 0.5) is 13.6 Å². The summed E-state index contributed by atoms with van der Waals surface area (Å²) in [6.07, 6.45) is 1.27. The van der Waals surface area contributed by atoms with Gasteiger partial charge in [0.2, 0.25) is 0 Å². The number of carbonyl (C=O) groups is 2. The summed E-state index contributed by atoms with van der Waals surface area (Å²) in [5.41, 5.74) is 0.239. The maximum absolute atomic E-state index is 13.9. The molecule has 2 N–H and O–H groups in total. The van der Waals surface area contributed by atoms with Crippen molar-refractivity contribution >= 4 is 12.0 Å². The van der Waals surface area contributed by atoms with Crippen LogP contribution in [0.2, 0.25) is 0 Å². The van der Waals surface area contributed by atoms with Crippen LogP contribution in [0, 0.1) is 17.6 Å². The Bertz CT molecular complexity index is 587. The van der Waals surface area contributed by atoms with Gasteiger partial charge in [0.15, 0.2) is 0 Å². The molecule has 0 bridgehead atoms. The monoisotopic (exact) mass is 326 g/mol. The van der Waals surface area contributed by atoms with Crippen LogP contribution in [0.25, 0.3) is 0 Å². The molecule has 2 amide bonds. The Morgan fingerprint density at radius 3 is 2.52 bits per heavy atom. The lowest BCUT2D eigenvalue weighted by Gasteiger charge is -2.31. The van der Waals surface area contributed by atoms with Crippen LogP contribution in [0.3, 0.4) is 0 Å². The van der Waals surface area contributed by atoms with Crippen LogP contribution < -0.4 is 5.32 Å². The van der Waals surface area contributed by atoms with Gasteiger partial charge in [0.1, 0.15) is 11.6 Å². The Hall–Kier alpha value is -2.18. The molecule has 1 aliphatic heterocycles. The molecule has 0 aromatic heterocycles. The number of nitrogens with zero attached hydrogens (tertiary/aromatic N) is 1. The van der Waals surface area contributed by atoms with Gasteiger partial charge in [-0.3, -0.25) is 4.79 Å². The van der Waals surface area contributed by atoms with Crippen molar-refractivity contribution in [1.29, 1.82) is 0 Å². The van der Waals surface area contributed by atoms with Crippen LogP contribution in [-0.2, 0) is 4.79 Å². The van der Waals surface area contributed by atoms with E-state index in [1.807, 2.05) is 0 Å². The Labute approximate surface area is 133 Å². The maximum atomic E-state index is 13.9. The first kappa shape index (κ1) is 17.2. The van der Waals surface area contributed by atoms with Gasteiger partial charge in [0.25, 0.3) is 0 Å². The lowest BCUT2D eigenvalue weighted by atomic mass is 9.97. The fourth-order valence-electron chi connectivity index (χ4n) is 2.75. The van der Waals surface area contributed by atoms with Gasteiger partial charge < -0.3 is 15.3 Å². The molecule has 1 heterocycles. The van der Waals surface area contributed by atoms with Gasteiger partial charge in [0.05, 0.1) is 12.0 Å². The van der Waals surface area contributed by atoms with Crippen LogP contribution in [-0.4, -0.2) is 35.1 Å². The molecule has 1 aromatic carbocycles. The van der Waals surface area contributed by atoms with Crippen molar-refractivity contribution < 1.29 is 23.5 Å². The van der Waals surface area contributed by atoms with Crippen molar-refractivity contribution in [3.63, 3.8) is 0 Å². The highest BCUT2D eigenvalue weighted by molar-refractivity contribution is 5.75. The van der Waals surface area contributed by atoms with Crippen molar-refractivity contribution in [1.82, 2.24) is 10.2 Å². The standard InChI is InChI=1S/C16H20F2N2O3/c1-2-14(12-4-3-11(17)9-13(12)18)19-16(23)20-7-5-10(6-8-20)15(21)22/h3-4,9-10,14H,2,5-8H2,1H3,(H,19,23)(H,21,22). The zero-order valence-electron chi connectivity index (χ0n) is 12.9.